The molecule has 0 unspecified atom stereocenters. The molecule has 2 heterocycles. The van der Waals surface area contributed by atoms with Crippen molar-refractivity contribution in [3.63, 3.8) is 0 Å². The van der Waals surface area contributed by atoms with Gasteiger partial charge in [0.15, 0.2) is 17.3 Å². The van der Waals surface area contributed by atoms with E-state index in [1.54, 1.807) is 20.4 Å². The van der Waals surface area contributed by atoms with E-state index in [9.17, 15) is 0 Å². The van der Waals surface area contributed by atoms with Crippen molar-refractivity contribution in [3.05, 3.63) is 54.4 Å². The summed E-state index contributed by atoms with van der Waals surface area (Å²) >= 11 is 0. The van der Waals surface area contributed by atoms with E-state index in [2.05, 4.69) is 20.3 Å². The van der Waals surface area contributed by atoms with Crippen molar-refractivity contribution in [2.24, 2.45) is 0 Å². The molecule has 0 atom stereocenters. The first-order valence-electron chi connectivity index (χ1n) is 7.46. The van der Waals surface area contributed by atoms with Gasteiger partial charge in [0, 0.05) is 18.0 Å². The van der Waals surface area contributed by atoms with E-state index in [4.69, 9.17) is 9.47 Å². The molecule has 0 amide bonds. The molecule has 0 aliphatic carbocycles. The third-order valence-electron chi connectivity index (χ3n) is 3.41. The van der Waals surface area contributed by atoms with Crippen LogP contribution >= 0.6 is 0 Å². The van der Waals surface area contributed by atoms with E-state index >= 15 is 0 Å². The van der Waals surface area contributed by atoms with Gasteiger partial charge in [0.05, 0.1) is 19.9 Å². The quantitative estimate of drug-likeness (QED) is 0.774. The van der Waals surface area contributed by atoms with Crippen LogP contribution in [0.15, 0.2) is 48.7 Å². The molecule has 1 N–H and O–H groups in total. The first kappa shape index (κ1) is 15.7. The van der Waals surface area contributed by atoms with Crippen molar-refractivity contribution in [2.75, 3.05) is 19.5 Å². The van der Waals surface area contributed by atoms with Crippen molar-refractivity contribution in [1.82, 2.24) is 15.0 Å². The Kier molecular flexibility index (Phi) is 4.56. The number of aromatic nitrogens is 3. The van der Waals surface area contributed by atoms with Gasteiger partial charge in [-0.1, -0.05) is 12.1 Å². The summed E-state index contributed by atoms with van der Waals surface area (Å²) in [5.41, 5.74) is 2.33. The molecule has 0 saturated heterocycles. The lowest BCUT2D eigenvalue weighted by atomic mass is 10.2. The lowest BCUT2D eigenvalue weighted by Crippen LogP contribution is -2.02. The van der Waals surface area contributed by atoms with E-state index in [-0.39, 0.29) is 0 Å². The first-order valence-corrected chi connectivity index (χ1v) is 7.46. The minimum Gasteiger partial charge on any atom is -0.493 e. The number of para-hydroxylation sites is 1. The number of benzene rings is 1. The smallest absolute Gasteiger partial charge is 0.184 e. The largest absolute Gasteiger partial charge is 0.493 e. The Morgan fingerprint density at radius 2 is 1.83 bits per heavy atom. The normalized spacial score (nSPS) is 10.3. The highest BCUT2D eigenvalue weighted by Gasteiger charge is 2.12. The fourth-order valence-electron chi connectivity index (χ4n) is 2.37. The summed E-state index contributed by atoms with van der Waals surface area (Å²) in [5, 5.41) is 3.27. The van der Waals surface area contributed by atoms with Crippen LogP contribution in [-0.4, -0.2) is 29.2 Å². The highest BCUT2D eigenvalue weighted by molar-refractivity contribution is 5.69. The minimum absolute atomic E-state index is 0.569. The van der Waals surface area contributed by atoms with Gasteiger partial charge in [-0.05, 0) is 31.2 Å². The van der Waals surface area contributed by atoms with Crippen LogP contribution in [-0.2, 0) is 0 Å². The zero-order chi connectivity index (χ0) is 16.9. The summed E-state index contributed by atoms with van der Waals surface area (Å²) in [5.74, 6) is 2.50. The van der Waals surface area contributed by atoms with Gasteiger partial charge in [-0.3, -0.25) is 4.98 Å². The SMILES string of the molecule is COc1cccc(Nc2cc(C)nc(-c3ccccn3)n2)c1OC. The van der Waals surface area contributed by atoms with Crippen LogP contribution in [0, 0.1) is 6.92 Å². The molecule has 0 spiro atoms. The molecule has 0 aliphatic heterocycles. The van der Waals surface area contributed by atoms with E-state index in [1.165, 1.54) is 0 Å². The minimum atomic E-state index is 0.569. The summed E-state index contributed by atoms with van der Waals surface area (Å²) in [4.78, 5) is 13.3. The molecule has 0 aliphatic rings. The van der Waals surface area contributed by atoms with Crippen LogP contribution in [0.25, 0.3) is 11.5 Å². The number of rotatable bonds is 5. The molecule has 2 aromatic heterocycles. The van der Waals surface area contributed by atoms with E-state index < -0.39 is 0 Å². The molecule has 0 saturated carbocycles. The topological polar surface area (TPSA) is 69.2 Å². The van der Waals surface area contributed by atoms with Gasteiger partial charge in [-0.15, -0.1) is 0 Å². The summed E-state index contributed by atoms with van der Waals surface area (Å²) < 4.78 is 10.8. The zero-order valence-electron chi connectivity index (χ0n) is 13.8. The molecule has 0 fully saturated rings. The predicted molar refractivity (Wildman–Crippen MR) is 92.8 cm³/mol. The third kappa shape index (κ3) is 3.27. The molecule has 3 aromatic rings. The number of nitrogens with one attached hydrogen (secondary N) is 1. The Morgan fingerprint density at radius 1 is 0.958 bits per heavy atom. The van der Waals surface area contributed by atoms with Crippen LogP contribution in [0.1, 0.15) is 5.69 Å². The number of pyridine rings is 1. The van der Waals surface area contributed by atoms with Crippen molar-refractivity contribution in [3.8, 4) is 23.0 Å². The van der Waals surface area contributed by atoms with Gasteiger partial charge in [0.1, 0.15) is 11.5 Å². The lowest BCUT2D eigenvalue weighted by Gasteiger charge is -2.14. The van der Waals surface area contributed by atoms with Gasteiger partial charge < -0.3 is 14.8 Å². The summed E-state index contributed by atoms with van der Waals surface area (Å²) in [6.45, 7) is 1.92. The number of hydrogen-bond donors (Lipinski definition) is 1. The average Bonchev–Trinajstić information content (AvgIpc) is 2.61. The number of anilines is 2. The highest BCUT2D eigenvalue weighted by atomic mass is 16.5. The van der Waals surface area contributed by atoms with Crippen LogP contribution < -0.4 is 14.8 Å². The lowest BCUT2D eigenvalue weighted by molar-refractivity contribution is 0.356. The summed E-state index contributed by atoms with van der Waals surface area (Å²) in [6, 6.07) is 13.1. The van der Waals surface area contributed by atoms with Crippen molar-refractivity contribution in [1.29, 1.82) is 0 Å². The second kappa shape index (κ2) is 6.95. The number of methoxy groups -OCH3 is 2. The molecule has 3 rings (SSSR count). The second-order valence-corrected chi connectivity index (χ2v) is 5.10. The third-order valence-corrected chi connectivity index (χ3v) is 3.41. The highest BCUT2D eigenvalue weighted by Crippen LogP contribution is 2.36. The number of ether oxygens (including phenoxy) is 2. The number of nitrogens with zero attached hydrogens (tertiary/aromatic N) is 3. The van der Waals surface area contributed by atoms with Crippen LogP contribution in [0.5, 0.6) is 11.5 Å². The average molecular weight is 322 g/mol. The fraction of sp³-hybridized carbons (Fsp3) is 0.167. The van der Waals surface area contributed by atoms with Gasteiger partial charge in [0.2, 0.25) is 0 Å². The monoisotopic (exact) mass is 322 g/mol. The molecule has 6 nitrogen and oxygen atoms in total. The molecule has 1 aromatic carbocycles. The molecule has 0 bridgehead atoms. The molecular weight excluding hydrogens is 304 g/mol. The van der Waals surface area contributed by atoms with Crippen molar-refractivity contribution >= 4 is 11.5 Å². The Labute approximate surface area is 140 Å². The number of hydrogen-bond acceptors (Lipinski definition) is 6. The zero-order valence-corrected chi connectivity index (χ0v) is 13.8. The maximum Gasteiger partial charge on any atom is 0.184 e. The Hall–Kier alpha value is -3.15. The van der Waals surface area contributed by atoms with Crippen molar-refractivity contribution in [2.45, 2.75) is 6.92 Å². The van der Waals surface area contributed by atoms with Gasteiger partial charge in [0.25, 0.3) is 0 Å². The summed E-state index contributed by atoms with van der Waals surface area (Å²) in [6.07, 6.45) is 1.72. The first-order chi connectivity index (χ1) is 11.7. The van der Waals surface area contributed by atoms with Gasteiger partial charge in [-0.2, -0.15) is 0 Å². The van der Waals surface area contributed by atoms with Crippen LogP contribution in [0.2, 0.25) is 0 Å². The van der Waals surface area contributed by atoms with Crippen LogP contribution in [0.3, 0.4) is 0 Å². The second-order valence-electron chi connectivity index (χ2n) is 5.10. The van der Waals surface area contributed by atoms with E-state index in [0.717, 1.165) is 17.1 Å². The van der Waals surface area contributed by atoms with Crippen molar-refractivity contribution < 1.29 is 9.47 Å². The van der Waals surface area contributed by atoms with E-state index in [1.807, 2.05) is 49.4 Å². The Bertz CT molecular complexity index is 838. The molecule has 122 valence electrons. The molecule has 6 heteroatoms. The maximum atomic E-state index is 5.44. The Morgan fingerprint density at radius 3 is 2.54 bits per heavy atom. The molecule has 24 heavy (non-hydrogen) atoms. The Balaban J connectivity index is 1.98. The van der Waals surface area contributed by atoms with Crippen LogP contribution in [0.4, 0.5) is 11.5 Å². The predicted octanol–water partition coefficient (Wildman–Crippen LogP) is 3.61. The summed E-state index contributed by atoms with van der Waals surface area (Å²) in [7, 11) is 3.21. The van der Waals surface area contributed by atoms with Gasteiger partial charge >= 0.3 is 0 Å². The van der Waals surface area contributed by atoms with E-state index in [0.29, 0.717) is 23.1 Å². The van der Waals surface area contributed by atoms with Gasteiger partial charge in [-0.25, -0.2) is 9.97 Å². The fourth-order valence-corrected chi connectivity index (χ4v) is 2.37. The molecular formula is C18H18N4O2. The molecule has 0 radical (unpaired) electrons. The maximum absolute atomic E-state index is 5.44. The number of aryl methyl sites for hydroxylation is 1. The standard InChI is InChI=1S/C18H18N4O2/c1-12-11-16(22-18(20-12)14-7-4-5-10-19-14)21-13-8-6-9-15(23-2)17(13)24-3/h4-11H,1-3H3,(H,20,21,22).